The van der Waals surface area contributed by atoms with Crippen LogP contribution in [0, 0.1) is 6.57 Å². The van der Waals surface area contributed by atoms with Crippen molar-refractivity contribution < 1.29 is 13.2 Å². The lowest BCUT2D eigenvalue weighted by atomic mass is 10.1. The fourth-order valence-corrected chi connectivity index (χ4v) is 0.937. The fraction of sp³-hybridized carbons (Fsp3) is 0.222. The van der Waals surface area contributed by atoms with E-state index in [1.165, 1.54) is 12.1 Å². The number of hydrogen-bond donors (Lipinski definition) is 0. The summed E-state index contributed by atoms with van der Waals surface area (Å²) in [6, 6.07) is 4.81. The lowest BCUT2D eigenvalue weighted by molar-refractivity contribution is -0.137. The molecule has 13 heavy (non-hydrogen) atoms. The summed E-state index contributed by atoms with van der Waals surface area (Å²) in [5, 5.41) is 0. The van der Waals surface area contributed by atoms with Crippen LogP contribution < -0.4 is 0 Å². The zero-order valence-electron chi connectivity index (χ0n) is 6.60. The first-order chi connectivity index (χ1) is 6.04. The van der Waals surface area contributed by atoms with Gasteiger partial charge in [0, 0.05) is 5.56 Å². The number of halogens is 3. The predicted molar refractivity (Wildman–Crippen MR) is 41.8 cm³/mol. The van der Waals surface area contributed by atoms with E-state index in [1.807, 2.05) is 0 Å². The summed E-state index contributed by atoms with van der Waals surface area (Å²) >= 11 is 0. The van der Waals surface area contributed by atoms with E-state index >= 15 is 0 Å². The predicted octanol–water partition coefficient (Wildman–Crippen LogP) is 3.12. The van der Waals surface area contributed by atoms with Crippen LogP contribution in [0.4, 0.5) is 13.2 Å². The molecule has 0 saturated heterocycles. The van der Waals surface area contributed by atoms with Gasteiger partial charge < -0.3 is 4.85 Å². The van der Waals surface area contributed by atoms with Gasteiger partial charge in [0.05, 0.1) is 5.56 Å². The topological polar surface area (TPSA) is 4.36 Å². The molecule has 0 aromatic heterocycles. The van der Waals surface area contributed by atoms with E-state index in [2.05, 4.69) is 4.85 Å². The van der Waals surface area contributed by atoms with E-state index in [4.69, 9.17) is 6.57 Å². The van der Waals surface area contributed by atoms with Crippen LogP contribution in [-0.2, 0) is 12.7 Å². The molecule has 0 aliphatic heterocycles. The molecule has 1 nitrogen and oxygen atoms in total. The molecule has 1 aromatic rings. The van der Waals surface area contributed by atoms with Crippen molar-refractivity contribution in [1.29, 1.82) is 0 Å². The molecule has 1 aromatic carbocycles. The summed E-state index contributed by atoms with van der Waals surface area (Å²) in [7, 11) is 0. The molecular formula is C9H6F3N. The highest BCUT2D eigenvalue weighted by atomic mass is 19.4. The number of alkyl halides is 3. The molecule has 0 fully saturated rings. The van der Waals surface area contributed by atoms with Crippen molar-refractivity contribution in [2.24, 2.45) is 0 Å². The second-order valence-corrected chi connectivity index (χ2v) is 2.51. The molecule has 0 spiro atoms. The van der Waals surface area contributed by atoms with Crippen LogP contribution in [0.1, 0.15) is 11.1 Å². The first kappa shape index (κ1) is 9.59. The third-order valence-electron chi connectivity index (χ3n) is 1.52. The summed E-state index contributed by atoms with van der Waals surface area (Å²) in [6.07, 6.45) is -4.32. The van der Waals surface area contributed by atoms with Crippen molar-refractivity contribution in [2.45, 2.75) is 12.7 Å². The molecular weight excluding hydrogens is 179 g/mol. The second-order valence-electron chi connectivity index (χ2n) is 2.51. The van der Waals surface area contributed by atoms with Gasteiger partial charge in [-0.1, -0.05) is 12.1 Å². The Bertz CT molecular complexity index is 335. The van der Waals surface area contributed by atoms with Gasteiger partial charge in [-0.05, 0) is 12.1 Å². The molecule has 1 rings (SSSR count). The Kier molecular flexibility index (Phi) is 2.57. The van der Waals surface area contributed by atoms with E-state index in [0.717, 1.165) is 12.1 Å². The molecule has 0 bridgehead atoms. The average Bonchev–Trinajstić information content (AvgIpc) is 2.04. The Morgan fingerprint density at radius 1 is 1.31 bits per heavy atom. The second kappa shape index (κ2) is 3.48. The minimum Gasteiger partial charge on any atom is -0.312 e. The van der Waals surface area contributed by atoms with E-state index in [0.29, 0.717) is 5.56 Å². The lowest BCUT2D eigenvalue weighted by Crippen LogP contribution is -2.04. The van der Waals surface area contributed by atoms with E-state index in [1.54, 1.807) is 0 Å². The van der Waals surface area contributed by atoms with Crippen LogP contribution in [-0.4, -0.2) is 0 Å². The van der Waals surface area contributed by atoms with Crippen LogP contribution in [0.15, 0.2) is 24.3 Å². The van der Waals surface area contributed by atoms with Crippen LogP contribution in [0.2, 0.25) is 0 Å². The SMILES string of the molecule is [C-]#[N+]Cc1cccc(C(F)(F)F)c1. The third-order valence-corrected chi connectivity index (χ3v) is 1.52. The average molecular weight is 185 g/mol. The van der Waals surface area contributed by atoms with Gasteiger partial charge in [-0.2, -0.15) is 13.2 Å². The molecule has 0 radical (unpaired) electrons. The lowest BCUT2D eigenvalue weighted by Gasteiger charge is -2.05. The minimum atomic E-state index is -4.32. The van der Waals surface area contributed by atoms with Gasteiger partial charge in [0.1, 0.15) is 0 Å². The maximum Gasteiger partial charge on any atom is 0.416 e. The van der Waals surface area contributed by atoms with Gasteiger partial charge in [0.2, 0.25) is 6.54 Å². The molecule has 0 saturated carbocycles. The maximum atomic E-state index is 12.1. The number of benzene rings is 1. The fourth-order valence-electron chi connectivity index (χ4n) is 0.937. The minimum absolute atomic E-state index is 0.0100. The maximum absolute atomic E-state index is 12.1. The Hall–Kier alpha value is -1.50. The van der Waals surface area contributed by atoms with Gasteiger partial charge >= 0.3 is 6.18 Å². The van der Waals surface area contributed by atoms with Crippen LogP contribution >= 0.6 is 0 Å². The smallest absolute Gasteiger partial charge is 0.312 e. The summed E-state index contributed by atoms with van der Waals surface area (Å²) < 4.78 is 36.4. The monoisotopic (exact) mass is 185 g/mol. The highest BCUT2D eigenvalue weighted by Gasteiger charge is 2.30. The van der Waals surface area contributed by atoms with Crippen molar-refractivity contribution in [3.05, 3.63) is 46.8 Å². The van der Waals surface area contributed by atoms with Crippen molar-refractivity contribution >= 4 is 0 Å². The van der Waals surface area contributed by atoms with Crippen molar-refractivity contribution in [2.75, 3.05) is 0 Å². The van der Waals surface area contributed by atoms with Crippen molar-refractivity contribution in [1.82, 2.24) is 0 Å². The molecule has 0 unspecified atom stereocenters. The number of rotatable bonds is 1. The quantitative estimate of drug-likeness (QED) is 0.592. The van der Waals surface area contributed by atoms with Crippen LogP contribution in [0.25, 0.3) is 4.85 Å². The van der Waals surface area contributed by atoms with Crippen LogP contribution in [0.3, 0.4) is 0 Å². The Balaban J connectivity index is 3.00. The standard InChI is InChI=1S/C9H6F3N/c1-13-6-7-3-2-4-8(5-7)9(10,11)12/h2-5H,6H2. The summed E-state index contributed by atoms with van der Waals surface area (Å²) in [6.45, 7) is 6.50. The first-order valence-electron chi connectivity index (χ1n) is 3.53. The normalized spacial score (nSPS) is 10.9. The molecule has 0 aliphatic rings. The van der Waals surface area contributed by atoms with E-state index in [9.17, 15) is 13.2 Å². The summed E-state index contributed by atoms with van der Waals surface area (Å²) in [4.78, 5) is 3.01. The zero-order valence-corrected chi connectivity index (χ0v) is 6.60. The van der Waals surface area contributed by atoms with Gasteiger partial charge in [0.25, 0.3) is 0 Å². The number of hydrogen-bond acceptors (Lipinski definition) is 0. The Labute approximate surface area is 73.6 Å². The van der Waals surface area contributed by atoms with Gasteiger partial charge in [0.15, 0.2) is 0 Å². The molecule has 0 aliphatic carbocycles. The number of nitrogens with zero attached hydrogens (tertiary/aromatic N) is 1. The van der Waals surface area contributed by atoms with E-state index in [-0.39, 0.29) is 6.54 Å². The molecule has 0 atom stereocenters. The Morgan fingerprint density at radius 3 is 2.54 bits per heavy atom. The van der Waals surface area contributed by atoms with Gasteiger partial charge in [-0.25, -0.2) is 6.57 Å². The Morgan fingerprint density at radius 2 is 2.00 bits per heavy atom. The van der Waals surface area contributed by atoms with Crippen molar-refractivity contribution in [3.63, 3.8) is 0 Å². The summed E-state index contributed by atoms with van der Waals surface area (Å²) in [5.74, 6) is 0. The molecule has 0 N–H and O–H groups in total. The molecule has 68 valence electrons. The first-order valence-corrected chi connectivity index (χ1v) is 3.53. The van der Waals surface area contributed by atoms with Crippen molar-refractivity contribution in [3.8, 4) is 0 Å². The molecule has 0 heterocycles. The van der Waals surface area contributed by atoms with E-state index < -0.39 is 11.7 Å². The highest BCUT2D eigenvalue weighted by molar-refractivity contribution is 5.26. The third kappa shape index (κ3) is 2.48. The highest BCUT2D eigenvalue weighted by Crippen LogP contribution is 2.29. The molecule has 4 heteroatoms. The largest absolute Gasteiger partial charge is 0.416 e. The summed E-state index contributed by atoms with van der Waals surface area (Å²) in [5.41, 5.74) is -0.307. The van der Waals surface area contributed by atoms with Gasteiger partial charge in [-0.3, -0.25) is 0 Å². The van der Waals surface area contributed by atoms with Crippen LogP contribution in [0.5, 0.6) is 0 Å². The zero-order chi connectivity index (χ0) is 9.90. The molecule has 0 amide bonds. The van der Waals surface area contributed by atoms with Gasteiger partial charge in [-0.15, -0.1) is 0 Å².